The zero-order valence-corrected chi connectivity index (χ0v) is 18.6. The third-order valence-electron chi connectivity index (χ3n) is 5.32. The number of likely N-dealkylation sites (tertiary alicyclic amines) is 1. The molecular weight excluding hydrogens is 426 g/mol. The van der Waals surface area contributed by atoms with E-state index in [4.69, 9.17) is 16.3 Å². The van der Waals surface area contributed by atoms with Gasteiger partial charge in [0.05, 0.1) is 17.7 Å². The maximum atomic E-state index is 12.6. The maximum absolute atomic E-state index is 12.6. The number of ether oxygens (including phenoxy) is 1. The number of carbonyl (C=O) groups excluding carboxylic acids is 1. The molecule has 0 unspecified atom stereocenters. The lowest BCUT2D eigenvalue weighted by molar-refractivity contribution is 0.183. The number of para-hydroxylation sites is 2. The number of hydrogen-bond donors (Lipinski definition) is 2. The highest BCUT2D eigenvalue weighted by Gasteiger charge is 2.25. The molecule has 7 nitrogen and oxygen atoms in total. The van der Waals surface area contributed by atoms with Crippen molar-refractivity contribution in [3.05, 3.63) is 53.1 Å². The summed E-state index contributed by atoms with van der Waals surface area (Å²) in [5, 5.41) is 3.30. The van der Waals surface area contributed by atoms with E-state index in [1.165, 1.54) is 0 Å². The second-order valence-electron chi connectivity index (χ2n) is 7.28. The van der Waals surface area contributed by atoms with Crippen LogP contribution in [-0.4, -0.2) is 46.1 Å². The Balaban J connectivity index is 1.52. The molecule has 2 N–H and O–H groups in total. The van der Waals surface area contributed by atoms with Gasteiger partial charge in [-0.3, -0.25) is 0 Å². The Kier molecular flexibility index (Phi) is 7.23. The number of carbonyl (C=O) groups is 1. The molecule has 2 aromatic carbocycles. The number of anilines is 1. The van der Waals surface area contributed by atoms with Crippen LogP contribution in [-0.2, 0) is 10.0 Å². The summed E-state index contributed by atoms with van der Waals surface area (Å²) in [4.78, 5) is 14.5. The number of methoxy groups -OCH3 is 1. The molecule has 3 rings (SSSR count). The van der Waals surface area contributed by atoms with E-state index in [0.29, 0.717) is 41.7 Å². The zero-order chi connectivity index (χ0) is 21.7. The van der Waals surface area contributed by atoms with Crippen LogP contribution in [0.4, 0.5) is 10.5 Å². The monoisotopic (exact) mass is 451 g/mol. The molecule has 1 aliphatic rings. The van der Waals surface area contributed by atoms with Crippen LogP contribution in [0, 0.1) is 12.8 Å². The first-order valence-corrected chi connectivity index (χ1v) is 11.6. The number of urea groups is 1. The van der Waals surface area contributed by atoms with E-state index in [1.807, 2.05) is 12.1 Å². The van der Waals surface area contributed by atoms with Crippen molar-refractivity contribution in [3.8, 4) is 5.75 Å². The Labute approximate surface area is 182 Å². The normalized spacial score (nSPS) is 15.1. The molecule has 2 aromatic rings. The molecule has 0 spiro atoms. The van der Waals surface area contributed by atoms with E-state index in [2.05, 4.69) is 10.0 Å². The van der Waals surface area contributed by atoms with Crippen molar-refractivity contribution >= 4 is 33.3 Å². The number of rotatable bonds is 6. The predicted octanol–water partition coefficient (Wildman–Crippen LogP) is 3.88. The van der Waals surface area contributed by atoms with Gasteiger partial charge in [-0.25, -0.2) is 17.9 Å². The van der Waals surface area contributed by atoms with Gasteiger partial charge in [-0.05, 0) is 55.5 Å². The van der Waals surface area contributed by atoms with Gasteiger partial charge in [0.15, 0.2) is 0 Å². The Morgan fingerprint density at radius 1 is 1.17 bits per heavy atom. The average Bonchev–Trinajstić information content (AvgIpc) is 2.75. The first-order valence-electron chi connectivity index (χ1n) is 9.75. The molecule has 0 aliphatic carbocycles. The number of sulfonamides is 1. The molecule has 9 heteroatoms. The van der Waals surface area contributed by atoms with Crippen LogP contribution >= 0.6 is 11.6 Å². The fourth-order valence-electron chi connectivity index (χ4n) is 3.47. The van der Waals surface area contributed by atoms with Crippen molar-refractivity contribution in [2.24, 2.45) is 5.92 Å². The lowest BCUT2D eigenvalue weighted by atomic mass is 9.97. The van der Waals surface area contributed by atoms with Crippen LogP contribution in [0.25, 0.3) is 0 Å². The average molecular weight is 452 g/mol. The predicted molar refractivity (Wildman–Crippen MR) is 118 cm³/mol. The Morgan fingerprint density at radius 3 is 2.57 bits per heavy atom. The molecular formula is C21H26ClN3O4S. The van der Waals surface area contributed by atoms with Gasteiger partial charge in [-0.15, -0.1) is 0 Å². The SMILES string of the molecule is COc1ccccc1NC(=O)N1CCC(CNS(=O)(=O)c2cccc(Cl)c2C)CC1. The molecule has 1 saturated heterocycles. The first-order chi connectivity index (χ1) is 14.3. The van der Waals surface area contributed by atoms with E-state index >= 15 is 0 Å². The van der Waals surface area contributed by atoms with Gasteiger partial charge < -0.3 is 15.0 Å². The van der Waals surface area contributed by atoms with Gasteiger partial charge in [0.1, 0.15) is 5.75 Å². The van der Waals surface area contributed by atoms with Crippen LogP contribution in [0.5, 0.6) is 5.75 Å². The molecule has 0 atom stereocenters. The quantitative estimate of drug-likeness (QED) is 0.697. The second-order valence-corrected chi connectivity index (χ2v) is 9.42. The van der Waals surface area contributed by atoms with E-state index in [-0.39, 0.29) is 16.8 Å². The van der Waals surface area contributed by atoms with E-state index in [0.717, 1.165) is 12.8 Å². The molecule has 30 heavy (non-hydrogen) atoms. The van der Waals surface area contributed by atoms with Crippen LogP contribution in [0.15, 0.2) is 47.4 Å². The van der Waals surface area contributed by atoms with Crippen molar-refractivity contribution < 1.29 is 17.9 Å². The molecule has 1 heterocycles. The van der Waals surface area contributed by atoms with Crippen LogP contribution in [0.2, 0.25) is 5.02 Å². The minimum Gasteiger partial charge on any atom is -0.495 e. The third-order valence-corrected chi connectivity index (χ3v) is 7.30. The van der Waals surface area contributed by atoms with Gasteiger partial charge in [-0.2, -0.15) is 0 Å². The number of halogens is 1. The number of amides is 2. The number of benzene rings is 2. The molecule has 0 saturated carbocycles. The van der Waals surface area contributed by atoms with E-state index in [1.54, 1.807) is 49.3 Å². The van der Waals surface area contributed by atoms with Crippen molar-refractivity contribution in [1.82, 2.24) is 9.62 Å². The smallest absolute Gasteiger partial charge is 0.321 e. The Hall–Kier alpha value is -2.29. The van der Waals surface area contributed by atoms with Gasteiger partial charge in [0.2, 0.25) is 10.0 Å². The number of nitrogens with zero attached hydrogens (tertiary/aromatic N) is 1. The fraction of sp³-hybridized carbons (Fsp3) is 0.381. The summed E-state index contributed by atoms with van der Waals surface area (Å²) in [6, 6.07) is 11.9. The summed E-state index contributed by atoms with van der Waals surface area (Å²) in [5.74, 6) is 0.765. The number of nitrogens with one attached hydrogen (secondary N) is 2. The molecule has 162 valence electrons. The van der Waals surface area contributed by atoms with Gasteiger partial charge in [-0.1, -0.05) is 29.8 Å². The lowest BCUT2D eigenvalue weighted by Gasteiger charge is -2.32. The first kappa shape index (κ1) is 22.4. The molecule has 0 radical (unpaired) electrons. The van der Waals surface area contributed by atoms with Gasteiger partial charge in [0, 0.05) is 24.7 Å². The largest absolute Gasteiger partial charge is 0.495 e. The fourth-order valence-corrected chi connectivity index (χ4v) is 5.08. The molecule has 2 amide bonds. The Bertz CT molecular complexity index is 1010. The minimum atomic E-state index is -3.63. The summed E-state index contributed by atoms with van der Waals surface area (Å²) in [5.41, 5.74) is 1.16. The highest BCUT2D eigenvalue weighted by molar-refractivity contribution is 7.89. The van der Waals surface area contributed by atoms with Crippen LogP contribution < -0.4 is 14.8 Å². The summed E-state index contributed by atoms with van der Waals surface area (Å²) in [6.07, 6.45) is 1.44. The summed E-state index contributed by atoms with van der Waals surface area (Å²) < 4.78 is 33.2. The highest BCUT2D eigenvalue weighted by atomic mass is 35.5. The van der Waals surface area contributed by atoms with Crippen molar-refractivity contribution in [2.75, 3.05) is 32.1 Å². The highest BCUT2D eigenvalue weighted by Crippen LogP contribution is 2.25. The zero-order valence-electron chi connectivity index (χ0n) is 17.0. The van der Waals surface area contributed by atoms with Crippen molar-refractivity contribution in [1.29, 1.82) is 0 Å². The summed E-state index contributed by atoms with van der Waals surface area (Å²) in [6.45, 7) is 3.14. The topological polar surface area (TPSA) is 87.7 Å². The minimum absolute atomic E-state index is 0.162. The summed E-state index contributed by atoms with van der Waals surface area (Å²) in [7, 11) is -2.07. The second kappa shape index (κ2) is 9.68. The molecule has 1 fully saturated rings. The lowest BCUT2D eigenvalue weighted by Crippen LogP contribution is -2.43. The summed E-state index contributed by atoms with van der Waals surface area (Å²) >= 11 is 6.05. The number of piperidine rings is 1. The van der Waals surface area contributed by atoms with Gasteiger partial charge >= 0.3 is 6.03 Å². The van der Waals surface area contributed by atoms with Gasteiger partial charge in [0.25, 0.3) is 0 Å². The maximum Gasteiger partial charge on any atom is 0.321 e. The van der Waals surface area contributed by atoms with E-state index < -0.39 is 10.0 Å². The van der Waals surface area contributed by atoms with Crippen molar-refractivity contribution in [2.45, 2.75) is 24.7 Å². The third kappa shape index (κ3) is 5.24. The van der Waals surface area contributed by atoms with Crippen LogP contribution in [0.1, 0.15) is 18.4 Å². The van der Waals surface area contributed by atoms with Crippen LogP contribution in [0.3, 0.4) is 0 Å². The molecule has 0 aromatic heterocycles. The molecule has 0 bridgehead atoms. The molecule has 1 aliphatic heterocycles. The number of hydrogen-bond acceptors (Lipinski definition) is 4. The van der Waals surface area contributed by atoms with E-state index in [9.17, 15) is 13.2 Å². The standard InChI is InChI=1S/C21H26ClN3O4S/c1-15-17(22)6-5-9-20(15)30(27,28)23-14-16-10-12-25(13-11-16)21(26)24-18-7-3-4-8-19(18)29-2/h3-9,16,23H,10-14H2,1-2H3,(H,24,26). The Morgan fingerprint density at radius 2 is 1.87 bits per heavy atom. The van der Waals surface area contributed by atoms with Crippen molar-refractivity contribution in [3.63, 3.8) is 0 Å².